The van der Waals surface area contributed by atoms with Crippen molar-refractivity contribution < 1.29 is 9.00 Å². The lowest BCUT2D eigenvalue weighted by Crippen LogP contribution is -2.34. The maximum Gasteiger partial charge on any atom is 0.227 e. The summed E-state index contributed by atoms with van der Waals surface area (Å²) in [4.78, 5) is 12.2. The summed E-state index contributed by atoms with van der Waals surface area (Å²) in [5, 5.41) is 6.75. The molecular weight excluding hydrogens is 296 g/mol. The number of halogens is 1. The highest BCUT2D eigenvalue weighted by Crippen LogP contribution is 2.23. The van der Waals surface area contributed by atoms with E-state index in [2.05, 4.69) is 10.6 Å². The van der Waals surface area contributed by atoms with E-state index in [9.17, 15) is 9.00 Å². The van der Waals surface area contributed by atoms with Gasteiger partial charge in [-0.15, -0.1) is 0 Å². The second kappa shape index (κ2) is 7.20. The summed E-state index contributed by atoms with van der Waals surface area (Å²) in [5.41, 5.74) is 1.52. The lowest BCUT2D eigenvalue weighted by atomic mass is 9.97. The number of benzene rings is 1. The molecule has 0 bridgehead atoms. The fraction of sp³-hybridized carbons (Fsp3) is 0.500. The van der Waals surface area contributed by atoms with Crippen LogP contribution in [0.1, 0.15) is 18.4 Å². The number of rotatable bonds is 4. The molecule has 110 valence electrons. The third kappa shape index (κ3) is 4.30. The van der Waals surface area contributed by atoms with Gasteiger partial charge in [-0.25, -0.2) is 0 Å². The van der Waals surface area contributed by atoms with Crippen LogP contribution in [0.2, 0.25) is 5.02 Å². The Hall–Kier alpha value is -0.910. The number of amides is 1. The van der Waals surface area contributed by atoms with E-state index in [-0.39, 0.29) is 11.8 Å². The zero-order valence-electron chi connectivity index (χ0n) is 11.4. The highest BCUT2D eigenvalue weighted by Gasteiger charge is 2.21. The van der Waals surface area contributed by atoms with Crippen molar-refractivity contribution in [2.45, 2.75) is 18.6 Å². The summed E-state index contributed by atoms with van der Waals surface area (Å²) in [6.45, 7) is 1.78. The molecule has 1 saturated heterocycles. The first-order valence-corrected chi connectivity index (χ1v) is 8.77. The average Bonchev–Trinajstić information content (AvgIpc) is 2.43. The zero-order chi connectivity index (χ0) is 14.5. The van der Waals surface area contributed by atoms with E-state index in [4.69, 9.17) is 11.6 Å². The van der Waals surface area contributed by atoms with Gasteiger partial charge in [0, 0.05) is 39.4 Å². The highest BCUT2D eigenvalue weighted by atomic mass is 35.5. The van der Waals surface area contributed by atoms with E-state index in [0.717, 1.165) is 37.2 Å². The Kier molecular flexibility index (Phi) is 5.57. The van der Waals surface area contributed by atoms with Crippen LogP contribution in [-0.2, 0) is 21.3 Å². The topological polar surface area (TPSA) is 58.2 Å². The Morgan fingerprint density at radius 2 is 2.15 bits per heavy atom. The zero-order valence-corrected chi connectivity index (χ0v) is 13.0. The molecule has 1 atom stereocenters. The minimum absolute atomic E-state index is 0.0531. The lowest BCUT2D eigenvalue weighted by Gasteiger charge is -2.22. The van der Waals surface area contributed by atoms with E-state index < -0.39 is 10.8 Å². The van der Waals surface area contributed by atoms with E-state index in [1.165, 1.54) is 0 Å². The van der Waals surface area contributed by atoms with Gasteiger partial charge in [0.1, 0.15) is 0 Å². The van der Waals surface area contributed by atoms with Crippen molar-refractivity contribution in [3.05, 3.63) is 28.8 Å². The number of carbonyl (C=O) groups excluding carboxylic acids is 1. The average molecular weight is 315 g/mol. The van der Waals surface area contributed by atoms with Gasteiger partial charge in [-0.1, -0.05) is 11.6 Å². The fourth-order valence-electron chi connectivity index (χ4n) is 2.31. The van der Waals surface area contributed by atoms with Gasteiger partial charge in [0.15, 0.2) is 0 Å². The van der Waals surface area contributed by atoms with Crippen LogP contribution in [0.5, 0.6) is 0 Å². The van der Waals surface area contributed by atoms with Crippen LogP contribution in [0.3, 0.4) is 0 Å². The molecule has 0 aromatic heterocycles. The molecule has 1 unspecified atom stereocenters. The fourth-order valence-corrected chi connectivity index (χ4v) is 3.25. The van der Waals surface area contributed by atoms with Gasteiger partial charge < -0.3 is 10.6 Å². The Morgan fingerprint density at radius 3 is 2.80 bits per heavy atom. The van der Waals surface area contributed by atoms with Gasteiger partial charge in [0.25, 0.3) is 0 Å². The minimum atomic E-state index is -0.957. The predicted octanol–water partition coefficient (Wildman–Crippen LogP) is 2.16. The summed E-state index contributed by atoms with van der Waals surface area (Å²) in [7, 11) is -0.957. The molecule has 1 aliphatic heterocycles. The maximum atomic E-state index is 12.2. The first-order chi connectivity index (χ1) is 9.56. The van der Waals surface area contributed by atoms with Gasteiger partial charge in [-0.2, -0.15) is 0 Å². The van der Waals surface area contributed by atoms with Crippen LogP contribution in [0.4, 0.5) is 5.69 Å². The van der Waals surface area contributed by atoms with Crippen molar-refractivity contribution in [1.29, 1.82) is 0 Å². The first kappa shape index (κ1) is 15.5. The molecule has 4 nitrogen and oxygen atoms in total. The molecule has 0 saturated carbocycles. The van der Waals surface area contributed by atoms with Crippen molar-refractivity contribution in [1.82, 2.24) is 5.32 Å². The third-order valence-electron chi connectivity index (χ3n) is 3.38. The molecule has 0 aliphatic carbocycles. The van der Waals surface area contributed by atoms with Crippen molar-refractivity contribution >= 4 is 34.0 Å². The molecule has 2 rings (SSSR count). The van der Waals surface area contributed by atoms with Gasteiger partial charge >= 0.3 is 0 Å². The highest BCUT2D eigenvalue weighted by molar-refractivity contribution is 7.83. The number of hydrogen-bond acceptors (Lipinski definition) is 3. The van der Waals surface area contributed by atoms with Crippen LogP contribution in [-0.4, -0.2) is 29.5 Å². The second-order valence-corrected chi connectivity index (χ2v) is 6.88. The largest absolute Gasteiger partial charge is 0.326 e. The summed E-state index contributed by atoms with van der Waals surface area (Å²) >= 11 is 6.07. The van der Waals surface area contributed by atoms with Crippen LogP contribution in [0.25, 0.3) is 0 Å². The number of anilines is 1. The van der Waals surface area contributed by atoms with Gasteiger partial charge in [-0.3, -0.25) is 9.00 Å². The van der Waals surface area contributed by atoms with Crippen molar-refractivity contribution in [3.8, 4) is 0 Å². The molecule has 2 N–H and O–H groups in total. The molecular formula is C14H19ClN2O2S. The molecule has 1 aromatic rings. The van der Waals surface area contributed by atoms with E-state index >= 15 is 0 Å². The molecule has 1 heterocycles. The number of hydrogen-bond donors (Lipinski definition) is 2. The van der Waals surface area contributed by atoms with Crippen LogP contribution >= 0.6 is 11.6 Å². The maximum absolute atomic E-state index is 12.2. The SMILES string of the molecule is CS(=O)Cc1cc(NC(=O)C2CCNCC2)ccc1Cl. The minimum Gasteiger partial charge on any atom is -0.326 e. The Bertz CT molecular complexity index is 516. The molecule has 1 aromatic carbocycles. The number of carbonyl (C=O) groups is 1. The smallest absolute Gasteiger partial charge is 0.227 e. The van der Waals surface area contributed by atoms with E-state index in [1.54, 1.807) is 18.4 Å². The van der Waals surface area contributed by atoms with Crippen molar-refractivity contribution in [2.75, 3.05) is 24.7 Å². The Labute approximate surface area is 126 Å². The second-order valence-electron chi connectivity index (χ2n) is 5.04. The molecule has 6 heteroatoms. The van der Waals surface area contributed by atoms with E-state index in [0.29, 0.717) is 10.8 Å². The predicted molar refractivity (Wildman–Crippen MR) is 83.4 cm³/mol. The normalized spacial score (nSPS) is 17.7. The monoisotopic (exact) mass is 314 g/mol. The van der Waals surface area contributed by atoms with Crippen LogP contribution in [0, 0.1) is 5.92 Å². The number of piperidine rings is 1. The van der Waals surface area contributed by atoms with Gasteiger partial charge in [-0.05, 0) is 49.7 Å². The van der Waals surface area contributed by atoms with Gasteiger partial charge in [0.05, 0.1) is 0 Å². The van der Waals surface area contributed by atoms with Gasteiger partial charge in [0.2, 0.25) is 5.91 Å². The summed E-state index contributed by atoms with van der Waals surface area (Å²) < 4.78 is 11.3. The standard InChI is InChI=1S/C14H19ClN2O2S/c1-20(19)9-11-8-12(2-3-13(11)15)17-14(18)10-4-6-16-7-5-10/h2-3,8,10,16H,4-7,9H2,1H3,(H,17,18). The third-order valence-corrected chi connectivity index (χ3v) is 4.47. The summed E-state index contributed by atoms with van der Waals surface area (Å²) in [6.07, 6.45) is 3.37. The van der Waals surface area contributed by atoms with Crippen LogP contribution < -0.4 is 10.6 Å². The summed E-state index contributed by atoms with van der Waals surface area (Å²) in [5.74, 6) is 0.517. The molecule has 0 radical (unpaired) electrons. The molecule has 1 fully saturated rings. The quantitative estimate of drug-likeness (QED) is 0.895. The van der Waals surface area contributed by atoms with E-state index in [1.807, 2.05) is 6.07 Å². The van der Waals surface area contributed by atoms with Crippen molar-refractivity contribution in [2.24, 2.45) is 5.92 Å². The van der Waals surface area contributed by atoms with Crippen LogP contribution in [0.15, 0.2) is 18.2 Å². The Morgan fingerprint density at radius 1 is 1.45 bits per heavy atom. The molecule has 1 aliphatic rings. The molecule has 0 spiro atoms. The Balaban J connectivity index is 2.05. The first-order valence-electron chi connectivity index (χ1n) is 6.66. The summed E-state index contributed by atoms with van der Waals surface area (Å²) in [6, 6.07) is 5.33. The van der Waals surface area contributed by atoms with Crippen molar-refractivity contribution in [3.63, 3.8) is 0 Å². The molecule has 1 amide bonds. The number of nitrogens with one attached hydrogen (secondary N) is 2. The molecule has 20 heavy (non-hydrogen) atoms. The lowest BCUT2D eigenvalue weighted by molar-refractivity contribution is -0.120.